The van der Waals surface area contributed by atoms with Gasteiger partial charge in [0.25, 0.3) is 0 Å². The second kappa shape index (κ2) is 11.7. The number of para-hydroxylation sites is 1. The van der Waals surface area contributed by atoms with Gasteiger partial charge in [-0.2, -0.15) is 0 Å². The number of nitrogens with zero attached hydrogens (tertiary/aromatic N) is 3. The van der Waals surface area contributed by atoms with E-state index in [2.05, 4.69) is 47.4 Å². The summed E-state index contributed by atoms with van der Waals surface area (Å²) < 4.78 is 0. The Labute approximate surface area is 170 Å². The topological polar surface area (TPSA) is 60.0 Å². The molecule has 28 heavy (non-hydrogen) atoms. The molecule has 0 aliphatic carbocycles. The summed E-state index contributed by atoms with van der Waals surface area (Å²) >= 11 is 0. The van der Waals surface area contributed by atoms with Gasteiger partial charge in [0.15, 0.2) is 5.96 Å². The van der Waals surface area contributed by atoms with E-state index in [1.165, 1.54) is 5.56 Å². The van der Waals surface area contributed by atoms with Crippen molar-refractivity contribution in [3.8, 4) is 0 Å². The summed E-state index contributed by atoms with van der Waals surface area (Å²) in [5, 5.41) is 6.59. The summed E-state index contributed by atoms with van der Waals surface area (Å²) in [5.41, 5.74) is 2.31. The minimum atomic E-state index is 0.0873. The lowest BCUT2D eigenvalue weighted by atomic mass is 10.0. The summed E-state index contributed by atoms with van der Waals surface area (Å²) in [6, 6.07) is 8.50. The number of nitrogens with one attached hydrogen (secondary N) is 2. The van der Waals surface area contributed by atoms with Crippen LogP contribution in [0.15, 0.2) is 29.3 Å². The SMILES string of the molecule is CCN(CC)CCCC(C)NC(=NC)NCC(=O)N1CCCc2ccccc21. The van der Waals surface area contributed by atoms with Crippen LogP contribution in [0.1, 0.15) is 45.6 Å². The predicted octanol–water partition coefficient (Wildman–Crippen LogP) is 2.64. The van der Waals surface area contributed by atoms with Gasteiger partial charge in [-0.1, -0.05) is 32.0 Å². The number of benzene rings is 1. The highest BCUT2D eigenvalue weighted by atomic mass is 16.2. The van der Waals surface area contributed by atoms with Gasteiger partial charge in [0, 0.05) is 25.3 Å². The van der Waals surface area contributed by atoms with Gasteiger partial charge < -0.3 is 20.4 Å². The van der Waals surface area contributed by atoms with E-state index in [9.17, 15) is 4.79 Å². The lowest BCUT2D eigenvalue weighted by Crippen LogP contribution is -2.48. The van der Waals surface area contributed by atoms with Gasteiger partial charge in [-0.15, -0.1) is 0 Å². The molecule has 1 amide bonds. The summed E-state index contributed by atoms with van der Waals surface area (Å²) in [7, 11) is 1.75. The third-order valence-electron chi connectivity index (χ3n) is 5.43. The first-order valence-corrected chi connectivity index (χ1v) is 10.7. The molecule has 1 aromatic rings. The number of hydrogen-bond donors (Lipinski definition) is 2. The third-order valence-corrected chi connectivity index (χ3v) is 5.43. The van der Waals surface area contributed by atoms with E-state index in [0.29, 0.717) is 12.0 Å². The number of carbonyl (C=O) groups is 1. The number of rotatable bonds is 9. The van der Waals surface area contributed by atoms with Gasteiger partial charge in [-0.3, -0.25) is 9.79 Å². The van der Waals surface area contributed by atoms with Gasteiger partial charge in [-0.25, -0.2) is 0 Å². The number of fused-ring (bicyclic) bond motifs is 1. The van der Waals surface area contributed by atoms with Crippen LogP contribution < -0.4 is 15.5 Å². The maximum atomic E-state index is 12.8. The molecule has 2 N–H and O–H groups in total. The van der Waals surface area contributed by atoms with Crippen LogP contribution in [0, 0.1) is 0 Å². The molecule has 1 aliphatic heterocycles. The monoisotopic (exact) mass is 387 g/mol. The molecule has 1 unspecified atom stereocenters. The molecule has 2 rings (SSSR count). The summed E-state index contributed by atoms with van der Waals surface area (Å²) in [6.07, 6.45) is 4.28. The van der Waals surface area contributed by atoms with E-state index in [1.807, 2.05) is 23.1 Å². The Kier molecular flexibility index (Phi) is 9.28. The highest BCUT2D eigenvalue weighted by Gasteiger charge is 2.22. The molecule has 6 heteroatoms. The summed E-state index contributed by atoms with van der Waals surface area (Å²) in [5.74, 6) is 0.776. The first-order valence-electron chi connectivity index (χ1n) is 10.7. The Hall–Kier alpha value is -2.08. The van der Waals surface area contributed by atoms with Gasteiger partial charge >= 0.3 is 0 Å². The molecule has 1 atom stereocenters. The second-order valence-electron chi connectivity index (χ2n) is 7.42. The van der Waals surface area contributed by atoms with Crippen molar-refractivity contribution in [2.45, 2.75) is 52.5 Å². The van der Waals surface area contributed by atoms with Gasteiger partial charge in [0.1, 0.15) is 0 Å². The minimum absolute atomic E-state index is 0.0873. The van der Waals surface area contributed by atoms with E-state index in [1.54, 1.807) is 7.05 Å². The molecule has 0 aromatic heterocycles. The molecule has 0 saturated carbocycles. The van der Waals surface area contributed by atoms with E-state index in [4.69, 9.17) is 0 Å². The fourth-order valence-electron chi connectivity index (χ4n) is 3.71. The van der Waals surface area contributed by atoms with Crippen LogP contribution in [-0.4, -0.2) is 62.6 Å². The number of amides is 1. The van der Waals surface area contributed by atoms with Crippen LogP contribution in [0.3, 0.4) is 0 Å². The van der Waals surface area contributed by atoms with Crippen LogP contribution in [0.2, 0.25) is 0 Å². The molecule has 0 fully saturated rings. The zero-order valence-electron chi connectivity index (χ0n) is 18.0. The van der Waals surface area contributed by atoms with E-state index < -0.39 is 0 Å². The molecule has 156 valence electrons. The quantitative estimate of drug-likeness (QED) is 0.505. The standard InChI is InChI=1S/C22H37N5O/c1-5-26(6-2)15-9-11-18(3)25-22(23-4)24-17-21(28)27-16-10-13-19-12-7-8-14-20(19)27/h7-8,12,14,18H,5-6,9-11,13,15-17H2,1-4H3,(H2,23,24,25). The zero-order valence-corrected chi connectivity index (χ0v) is 18.0. The molecule has 0 spiro atoms. The summed E-state index contributed by atoms with van der Waals surface area (Å²) in [6.45, 7) is 10.9. The number of guanidine groups is 1. The molecule has 0 saturated heterocycles. The second-order valence-corrected chi connectivity index (χ2v) is 7.42. The summed E-state index contributed by atoms with van der Waals surface area (Å²) in [4.78, 5) is 21.4. The van der Waals surface area contributed by atoms with E-state index >= 15 is 0 Å². The molecule has 0 radical (unpaired) electrons. The Morgan fingerprint density at radius 1 is 1.29 bits per heavy atom. The minimum Gasteiger partial charge on any atom is -0.354 e. The van der Waals surface area contributed by atoms with E-state index in [0.717, 1.165) is 57.5 Å². The van der Waals surface area contributed by atoms with Crippen molar-refractivity contribution >= 4 is 17.6 Å². The van der Waals surface area contributed by atoms with E-state index in [-0.39, 0.29) is 12.5 Å². The van der Waals surface area contributed by atoms with Crippen LogP contribution in [0.25, 0.3) is 0 Å². The molecule has 1 heterocycles. The highest BCUT2D eigenvalue weighted by Crippen LogP contribution is 2.26. The van der Waals surface area contributed by atoms with Crippen LogP contribution in [-0.2, 0) is 11.2 Å². The van der Waals surface area contributed by atoms with Gasteiger partial charge in [0.05, 0.1) is 6.54 Å². The smallest absolute Gasteiger partial charge is 0.246 e. The third kappa shape index (κ3) is 6.51. The Bertz CT molecular complexity index is 642. The largest absolute Gasteiger partial charge is 0.354 e. The number of anilines is 1. The van der Waals surface area contributed by atoms with Crippen molar-refractivity contribution < 1.29 is 4.79 Å². The number of carbonyl (C=O) groups excluding carboxylic acids is 1. The zero-order chi connectivity index (χ0) is 20.4. The molecular weight excluding hydrogens is 350 g/mol. The molecule has 0 bridgehead atoms. The number of aliphatic imine (C=N–C) groups is 1. The molecule has 1 aliphatic rings. The lowest BCUT2D eigenvalue weighted by molar-refractivity contribution is -0.117. The van der Waals surface area contributed by atoms with Gasteiger partial charge in [0.2, 0.25) is 5.91 Å². The Balaban J connectivity index is 1.78. The number of aryl methyl sites for hydroxylation is 1. The average molecular weight is 388 g/mol. The Morgan fingerprint density at radius 2 is 2.04 bits per heavy atom. The fourth-order valence-corrected chi connectivity index (χ4v) is 3.71. The average Bonchev–Trinajstić information content (AvgIpc) is 2.73. The maximum Gasteiger partial charge on any atom is 0.246 e. The van der Waals surface area contributed by atoms with Crippen molar-refractivity contribution in [3.63, 3.8) is 0 Å². The molecule has 6 nitrogen and oxygen atoms in total. The number of hydrogen-bond acceptors (Lipinski definition) is 3. The molecular formula is C22H37N5O. The van der Waals surface area contributed by atoms with Crippen LogP contribution >= 0.6 is 0 Å². The van der Waals surface area contributed by atoms with Gasteiger partial charge in [-0.05, 0) is 63.9 Å². The Morgan fingerprint density at radius 3 is 2.75 bits per heavy atom. The first-order chi connectivity index (χ1) is 13.6. The highest BCUT2D eigenvalue weighted by molar-refractivity contribution is 5.98. The van der Waals surface area contributed by atoms with Crippen LogP contribution in [0.4, 0.5) is 5.69 Å². The fraction of sp³-hybridized carbons (Fsp3) is 0.636. The van der Waals surface area contributed by atoms with Crippen molar-refractivity contribution in [3.05, 3.63) is 29.8 Å². The normalized spacial score (nSPS) is 15.3. The molecule has 1 aromatic carbocycles. The first kappa shape index (κ1) is 22.2. The predicted molar refractivity (Wildman–Crippen MR) is 118 cm³/mol. The van der Waals surface area contributed by atoms with Crippen molar-refractivity contribution in [1.82, 2.24) is 15.5 Å². The van der Waals surface area contributed by atoms with Crippen LogP contribution in [0.5, 0.6) is 0 Å². The van der Waals surface area contributed by atoms with Crippen molar-refractivity contribution in [1.29, 1.82) is 0 Å². The maximum absolute atomic E-state index is 12.8. The van der Waals surface area contributed by atoms with Crippen molar-refractivity contribution in [2.24, 2.45) is 4.99 Å². The van der Waals surface area contributed by atoms with Crippen molar-refractivity contribution in [2.75, 3.05) is 44.7 Å². The lowest BCUT2D eigenvalue weighted by Gasteiger charge is -2.30.